The molecule has 92 valence electrons. The van der Waals surface area contributed by atoms with Gasteiger partial charge in [0.1, 0.15) is 5.84 Å². The van der Waals surface area contributed by atoms with Crippen LogP contribution in [0.3, 0.4) is 0 Å². The molecule has 0 saturated heterocycles. The highest BCUT2D eigenvalue weighted by Crippen LogP contribution is 2.30. The first-order valence-electron chi connectivity index (χ1n) is 5.93. The van der Waals surface area contributed by atoms with Crippen molar-refractivity contribution in [2.75, 3.05) is 18.5 Å². The van der Waals surface area contributed by atoms with Crippen LogP contribution in [-0.2, 0) is 0 Å². The van der Waals surface area contributed by atoms with Crippen LogP contribution in [0.15, 0.2) is 18.2 Å². The number of nitrogens with two attached hydrogens (primary N) is 1. The van der Waals surface area contributed by atoms with E-state index in [4.69, 9.17) is 22.7 Å². The van der Waals surface area contributed by atoms with Crippen molar-refractivity contribution in [2.45, 2.75) is 19.3 Å². The van der Waals surface area contributed by atoms with Gasteiger partial charge in [0.25, 0.3) is 0 Å². The number of halogens is 1. The second kappa shape index (κ2) is 4.96. The van der Waals surface area contributed by atoms with Crippen LogP contribution in [0.5, 0.6) is 0 Å². The Labute approximate surface area is 107 Å². The highest BCUT2D eigenvalue weighted by molar-refractivity contribution is 6.31. The summed E-state index contributed by atoms with van der Waals surface area (Å²) in [6.07, 6.45) is 3.95. The number of amidine groups is 1. The van der Waals surface area contributed by atoms with Crippen molar-refractivity contribution >= 4 is 23.1 Å². The summed E-state index contributed by atoms with van der Waals surface area (Å²) in [5.74, 6) is 0.871. The van der Waals surface area contributed by atoms with Crippen LogP contribution in [0.2, 0.25) is 5.02 Å². The average molecular weight is 252 g/mol. The Morgan fingerprint density at radius 1 is 1.53 bits per heavy atom. The number of rotatable bonds is 4. The van der Waals surface area contributed by atoms with Crippen LogP contribution < -0.4 is 10.6 Å². The molecule has 1 fully saturated rings. The Morgan fingerprint density at radius 2 is 2.24 bits per heavy atom. The van der Waals surface area contributed by atoms with Gasteiger partial charge in [0.05, 0.1) is 0 Å². The smallest absolute Gasteiger partial charge is 0.124 e. The Morgan fingerprint density at radius 3 is 2.76 bits per heavy atom. The second-order valence-electron chi connectivity index (χ2n) is 4.75. The minimum absolute atomic E-state index is 0.0946. The first-order chi connectivity index (χ1) is 8.08. The van der Waals surface area contributed by atoms with E-state index < -0.39 is 0 Å². The standard InChI is InChI=1S/C13H18ClN3/c1-17(8-9-3-2-4-9)12-7-10(14)5-6-11(12)13(15)16/h5-7,9H,2-4,8H2,1H3,(H3,15,16). The predicted molar refractivity (Wildman–Crippen MR) is 73.1 cm³/mol. The van der Waals surface area contributed by atoms with Gasteiger partial charge in [0, 0.05) is 29.9 Å². The van der Waals surface area contributed by atoms with Gasteiger partial charge in [-0.3, -0.25) is 5.41 Å². The number of anilines is 1. The van der Waals surface area contributed by atoms with Gasteiger partial charge in [0.2, 0.25) is 0 Å². The molecular weight excluding hydrogens is 234 g/mol. The number of nitrogens with one attached hydrogen (secondary N) is 1. The van der Waals surface area contributed by atoms with E-state index >= 15 is 0 Å². The Bertz CT molecular complexity index is 427. The molecule has 1 aliphatic rings. The summed E-state index contributed by atoms with van der Waals surface area (Å²) in [5.41, 5.74) is 7.31. The summed E-state index contributed by atoms with van der Waals surface area (Å²) in [7, 11) is 2.04. The van der Waals surface area contributed by atoms with E-state index in [1.165, 1.54) is 19.3 Å². The third-order valence-electron chi connectivity index (χ3n) is 3.42. The van der Waals surface area contributed by atoms with Crippen LogP contribution in [0.4, 0.5) is 5.69 Å². The lowest BCUT2D eigenvalue weighted by Gasteiger charge is -2.32. The van der Waals surface area contributed by atoms with Gasteiger partial charge in [0.15, 0.2) is 0 Å². The highest BCUT2D eigenvalue weighted by Gasteiger charge is 2.20. The van der Waals surface area contributed by atoms with Crippen LogP contribution >= 0.6 is 11.6 Å². The molecule has 0 unspecified atom stereocenters. The van der Waals surface area contributed by atoms with Crippen molar-refractivity contribution in [1.82, 2.24) is 0 Å². The molecule has 0 spiro atoms. The quantitative estimate of drug-likeness (QED) is 0.639. The summed E-state index contributed by atoms with van der Waals surface area (Å²) in [6, 6.07) is 5.48. The van der Waals surface area contributed by atoms with Crippen molar-refractivity contribution in [3.8, 4) is 0 Å². The molecule has 1 aliphatic carbocycles. The van der Waals surface area contributed by atoms with E-state index in [1.807, 2.05) is 19.2 Å². The Kier molecular flexibility index (Phi) is 3.57. The molecular formula is C13H18ClN3. The van der Waals surface area contributed by atoms with Crippen molar-refractivity contribution in [3.05, 3.63) is 28.8 Å². The molecule has 0 aromatic heterocycles. The van der Waals surface area contributed by atoms with Crippen molar-refractivity contribution in [2.24, 2.45) is 11.7 Å². The maximum Gasteiger partial charge on any atom is 0.124 e. The lowest BCUT2D eigenvalue weighted by Crippen LogP contribution is -2.31. The molecule has 1 aromatic carbocycles. The summed E-state index contributed by atoms with van der Waals surface area (Å²) in [5, 5.41) is 8.27. The van der Waals surface area contributed by atoms with Gasteiger partial charge < -0.3 is 10.6 Å². The largest absolute Gasteiger partial charge is 0.384 e. The molecule has 0 aliphatic heterocycles. The third kappa shape index (κ3) is 2.72. The fraction of sp³-hybridized carbons (Fsp3) is 0.462. The highest BCUT2D eigenvalue weighted by atomic mass is 35.5. The summed E-state index contributed by atoms with van der Waals surface area (Å²) >= 11 is 6.01. The molecule has 17 heavy (non-hydrogen) atoms. The zero-order valence-electron chi connectivity index (χ0n) is 10.0. The van der Waals surface area contributed by atoms with Gasteiger partial charge in [-0.2, -0.15) is 0 Å². The van der Waals surface area contributed by atoms with Crippen LogP contribution in [0, 0.1) is 11.3 Å². The molecule has 0 heterocycles. The lowest BCUT2D eigenvalue weighted by molar-refractivity contribution is 0.321. The molecule has 3 N–H and O–H groups in total. The van der Waals surface area contributed by atoms with E-state index in [0.29, 0.717) is 5.02 Å². The average Bonchev–Trinajstić information content (AvgIpc) is 2.22. The van der Waals surface area contributed by atoms with Crippen molar-refractivity contribution in [3.63, 3.8) is 0 Å². The zero-order chi connectivity index (χ0) is 12.4. The minimum atomic E-state index is 0.0946. The monoisotopic (exact) mass is 251 g/mol. The number of hydrogen-bond acceptors (Lipinski definition) is 2. The van der Waals surface area contributed by atoms with Crippen molar-refractivity contribution in [1.29, 1.82) is 5.41 Å². The molecule has 0 atom stereocenters. The van der Waals surface area contributed by atoms with Gasteiger partial charge >= 0.3 is 0 Å². The van der Waals surface area contributed by atoms with Crippen LogP contribution in [0.25, 0.3) is 0 Å². The van der Waals surface area contributed by atoms with Gasteiger partial charge in [-0.05, 0) is 37.0 Å². The SMILES string of the molecule is CN(CC1CCC1)c1cc(Cl)ccc1C(=N)N. The summed E-state index contributed by atoms with van der Waals surface area (Å²) < 4.78 is 0. The Hall–Kier alpha value is -1.22. The molecule has 1 aromatic rings. The number of nitrogen functional groups attached to an aromatic ring is 1. The van der Waals surface area contributed by atoms with E-state index in [-0.39, 0.29) is 5.84 Å². The topological polar surface area (TPSA) is 53.1 Å². The fourth-order valence-electron chi connectivity index (χ4n) is 2.21. The third-order valence-corrected chi connectivity index (χ3v) is 3.65. The molecule has 0 radical (unpaired) electrons. The van der Waals surface area contributed by atoms with E-state index in [0.717, 1.165) is 23.7 Å². The first-order valence-corrected chi connectivity index (χ1v) is 6.31. The van der Waals surface area contributed by atoms with E-state index in [9.17, 15) is 0 Å². The van der Waals surface area contributed by atoms with Crippen LogP contribution in [-0.4, -0.2) is 19.4 Å². The van der Waals surface area contributed by atoms with Gasteiger partial charge in [-0.25, -0.2) is 0 Å². The second-order valence-corrected chi connectivity index (χ2v) is 5.19. The fourth-order valence-corrected chi connectivity index (χ4v) is 2.38. The van der Waals surface area contributed by atoms with Gasteiger partial charge in [-0.15, -0.1) is 0 Å². The lowest BCUT2D eigenvalue weighted by atomic mass is 9.85. The zero-order valence-corrected chi connectivity index (χ0v) is 10.8. The molecule has 2 rings (SSSR count). The van der Waals surface area contributed by atoms with Crippen LogP contribution in [0.1, 0.15) is 24.8 Å². The molecule has 0 bridgehead atoms. The molecule has 0 amide bonds. The maximum atomic E-state index is 7.59. The number of benzene rings is 1. The normalized spacial score (nSPS) is 15.4. The molecule has 3 nitrogen and oxygen atoms in total. The predicted octanol–water partition coefficient (Wildman–Crippen LogP) is 2.86. The summed E-state index contributed by atoms with van der Waals surface area (Å²) in [6.45, 7) is 1.01. The minimum Gasteiger partial charge on any atom is -0.384 e. The maximum absolute atomic E-state index is 7.59. The number of nitrogens with zero attached hydrogens (tertiary/aromatic N) is 1. The van der Waals surface area contributed by atoms with E-state index in [2.05, 4.69) is 4.90 Å². The van der Waals surface area contributed by atoms with E-state index in [1.54, 1.807) is 6.07 Å². The molecule has 4 heteroatoms. The van der Waals surface area contributed by atoms with Crippen molar-refractivity contribution < 1.29 is 0 Å². The summed E-state index contributed by atoms with van der Waals surface area (Å²) in [4.78, 5) is 2.16. The molecule has 1 saturated carbocycles. The first kappa shape index (κ1) is 12.2. The van der Waals surface area contributed by atoms with Gasteiger partial charge in [-0.1, -0.05) is 18.0 Å². The Balaban J connectivity index is 2.21. The number of hydrogen-bond donors (Lipinski definition) is 2.